The fourth-order valence-electron chi connectivity index (χ4n) is 3.00. The van der Waals surface area contributed by atoms with E-state index in [4.69, 9.17) is 4.74 Å². The van der Waals surface area contributed by atoms with Gasteiger partial charge in [-0.05, 0) is 58.5 Å². The lowest BCUT2D eigenvalue weighted by Gasteiger charge is -2.53. The minimum absolute atomic E-state index is 0.242. The summed E-state index contributed by atoms with van der Waals surface area (Å²) in [4.78, 5) is 2.51. The van der Waals surface area contributed by atoms with Crippen LogP contribution in [0.5, 0.6) is 0 Å². The predicted octanol–water partition coefficient (Wildman–Crippen LogP) is 2.92. The van der Waals surface area contributed by atoms with E-state index in [1.54, 1.807) is 0 Å². The van der Waals surface area contributed by atoms with E-state index in [9.17, 15) is 0 Å². The van der Waals surface area contributed by atoms with Gasteiger partial charge in [-0.25, -0.2) is 0 Å². The van der Waals surface area contributed by atoms with Gasteiger partial charge in [0.15, 0.2) is 0 Å². The largest absolute Gasteiger partial charge is 0.378 e. The molecule has 0 aromatic rings. The van der Waals surface area contributed by atoms with Crippen molar-refractivity contribution in [1.29, 1.82) is 0 Å². The van der Waals surface area contributed by atoms with E-state index in [1.807, 2.05) is 0 Å². The summed E-state index contributed by atoms with van der Waals surface area (Å²) in [6.45, 7) is 10.3. The van der Waals surface area contributed by atoms with Crippen molar-refractivity contribution in [2.45, 2.75) is 64.1 Å². The molecule has 0 atom stereocenters. The van der Waals surface area contributed by atoms with Crippen LogP contribution < -0.4 is 0 Å². The summed E-state index contributed by atoms with van der Waals surface area (Å²) in [6, 6.07) is 0. The summed E-state index contributed by atoms with van der Waals surface area (Å²) < 4.78 is 6.13. The summed E-state index contributed by atoms with van der Waals surface area (Å²) in [5, 5.41) is 0. The van der Waals surface area contributed by atoms with Crippen LogP contribution in [0.1, 0.15) is 47.0 Å². The van der Waals surface area contributed by atoms with Crippen molar-refractivity contribution in [1.82, 2.24) is 4.90 Å². The minimum atomic E-state index is 0.242. The highest BCUT2D eigenvalue weighted by Crippen LogP contribution is 2.37. The fourth-order valence-corrected chi connectivity index (χ4v) is 3.69. The molecule has 18 heavy (non-hydrogen) atoms. The molecule has 108 valence electrons. The normalized spacial score (nSPS) is 24.7. The number of rotatable bonds is 5. The highest BCUT2D eigenvalue weighted by atomic mass is 32.2. The predicted molar refractivity (Wildman–Crippen MR) is 83.6 cm³/mol. The minimum Gasteiger partial charge on any atom is -0.378 e. The van der Waals surface area contributed by atoms with Gasteiger partial charge in [0.1, 0.15) is 5.75 Å². The van der Waals surface area contributed by atoms with E-state index in [0.717, 1.165) is 19.4 Å². The first kappa shape index (κ1) is 16.3. The molecule has 3 heteroatoms. The lowest BCUT2D eigenvalue weighted by atomic mass is 9.79. The summed E-state index contributed by atoms with van der Waals surface area (Å²) in [5.41, 5.74) is 0.485. The van der Waals surface area contributed by atoms with Crippen molar-refractivity contribution in [3.8, 4) is 0 Å². The molecule has 1 heterocycles. The third-order valence-electron chi connectivity index (χ3n) is 4.32. The van der Waals surface area contributed by atoms with Crippen LogP contribution in [0.15, 0.2) is 0 Å². The van der Waals surface area contributed by atoms with Crippen LogP contribution >= 0.6 is 0 Å². The summed E-state index contributed by atoms with van der Waals surface area (Å²) in [5.74, 6) is 1.30. The molecule has 0 saturated carbocycles. The molecule has 1 aliphatic rings. The molecular weight excluding hydrogens is 242 g/mol. The summed E-state index contributed by atoms with van der Waals surface area (Å²) in [6.07, 6.45) is 8.56. The number of ether oxygens (including phenoxy) is 1. The van der Waals surface area contributed by atoms with Crippen molar-refractivity contribution >= 4 is 10.9 Å². The maximum Gasteiger partial charge on any atom is 0.109 e. The van der Waals surface area contributed by atoms with Crippen LogP contribution in [-0.4, -0.2) is 54.0 Å². The number of nitrogens with zero attached hydrogens (tertiary/aromatic N) is 1. The Balaban J connectivity index is 2.44. The Morgan fingerprint density at radius 1 is 1.11 bits per heavy atom. The first-order valence-corrected chi connectivity index (χ1v) is 9.26. The first-order valence-electron chi connectivity index (χ1n) is 7.05. The second-order valence-electron chi connectivity index (χ2n) is 7.13. The maximum absolute atomic E-state index is 6.13. The van der Waals surface area contributed by atoms with Gasteiger partial charge in [-0.15, -0.1) is 0 Å². The average Bonchev–Trinajstić information content (AvgIpc) is 2.20. The SMILES string of the molecule is CN1C(C)(C)CC(OCCC[S+](C)C)CC1(C)C. The van der Waals surface area contributed by atoms with E-state index in [-0.39, 0.29) is 11.1 Å². The molecule has 0 aromatic carbocycles. The Bertz CT molecular complexity index is 245. The van der Waals surface area contributed by atoms with Crippen LogP contribution in [0.4, 0.5) is 0 Å². The van der Waals surface area contributed by atoms with Crippen LogP contribution in [-0.2, 0) is 15.6 Å². The van der Waals surface area contributed by atoms with Crippen LogP contribution in [0.2, 0.25) is 0 Å². The van der Waals surface area contributed by atoms with Crippen LogP contribution in [0.3, 0.4) is 0 Å². The number of likely N-dealkylation sites (tertiary alicyclic amines) is 1. The zero-order valence-electron chi connectivity index (χ0n) is 13.4. The molecule has 1 rings (SSSR count). The topological polar surface area (TPSA) is 12.5 Å². The highest BCUT2D eigenvalue weighted by Gasteiger charge is 2.43. The lowest BCUT2D eigenvalue weighted by molar-refractivity contribution is -0.0910. The van der Waals surface area contributed by atoms with E-state index in [2.05, 4.69) is 52.2 Å². The Hall–Kier alpha value is 0.270. The smallest absolute Gasteiger partial charge is 0.109 e. The van der Waals surface area contributed by atoms with Gasteiger partial charge in [0.25, 0.3) is 0 Å². The summed E-state index contributed by atoms with van der Waals surface area (Å²) in [7, 11) is 2.80. The van der Waals surface area contributed by atoms with Gasteiger partial charge >= 0.3 is 0 Å². The molecule has 0 radical (unpaired) electrons. The van der Waals surface area contributed by atoms with Gasteiger partial charge < -0.3 is 4.74 Å². The van der Waals surface area contributed by atoms with Gasteiger partial charge in [-0.2, -0.15) is 0 Å². The molecule has 0 N–H and O–H groups in total. The van der Waals surface area contributed by atoms with Crippen LogP contribution in [0.25, 0.3) is 0 Å². The van der Waals surface area contributed by atoms with Gasteiger partial charge in [0, 0.05) is 17.5 Å². The van der Waals surface area contributed by atoms with E-state index < -0.39 is 0 Å². The molecule has 2 nitrogen and oxygen atoms in total. The van der Waals surface area contributed by atoms with Gasteiger partial charge in [-0.3, -0.25) is 4.90 Å². The maximum atomic E-state index is 6.13. The molecule has 1 aliphatic heterocycles. The van der Waals surface area contributed by atoms with E-state index in [1.165, 1.54) is 12.2 Å². The van der Waals surface area contributed by atoms with Gasteiger partial charge in [-0.1, -0.05) is 0 Å². The summed E-state index contributed by atoms with van der Waals surface area (Å²) >= 11 is 0. The molecular formula is C15H32NOS+. The zero-order chi connectivity index (χ0) is 14.0. The van der Waals surface area contributed by atoms with Crippen molar-refractivity contribution in [3.63, 3.8) is 0 Å². The van der Waals surface area contributed by atoms with E-state index in [0.29, 0.717) is 17.0 Å². The lowest BCUT2D eigenvalue weighted by Crippen LogP contribution is -2.60. The number of hydrogen-bond acceptors (Lipinski definition) is 2. The van der Waals surface area contributed by atoms with Crippen molar-refractivity contribution in [3.05, 3.63) is 0 Å². The molecule has 1 fully saturated rings. The zero-order valence-corrected chi connectivity index (χ0v) is 14.2. The monoisotopic (exact) mass is 274 g/mol. The highest BCUT2D eigenvalue weighted by molar-refractivity contribution is 7.95. The van der Waals surface area contributed by atoms with Crippen molar-refractivity contribution in [2.24, 2.45) is 0 Å². The van der Waals surface area contributed by atoms with Gasteiger partial charge in [0.05, 0.1) is 25.2 Å². The Kier molecular flexibility index (Phi) is 5.58. The molecule has 0 unspecified atom stereocenters. The Morgan fingerprint density at radius 2 is 1.61 bits per heavy atom. The van der Waals surface area contributed by atoms with Crippen LogP contribution in [0, 0.1) is 0 Å². The Labute approximate surface area is 117 Å². The van der Waals surface area contributed by atoms with Gasteiger partial charge in [0.2, 0.25) is 0 Å². The second-order valence-corrected chi connectivity index (χ2v) is 9.51. The third kappa shape index (κ3) is 4.43. The standard InChI is InChI=1S/C15H32NOS/c1-14(2)11-13(12-15(3,4)16(14)5)17-9-8-10-18(6)7/h13H,8-12H2,1-7H3/q+1. The van der Waals surface area contributed by atoms with Crippen molar-refractivity contribution < 1.29 is 4.74 Å². The first-order chi connectivity index (χ1) is 8.15. The molecule has 0 amide bonds. The second kappa shape index (κ2) is 6.15. The number of piperidine rings is 1. The quantitative estimate of drug-likeness (QED) is 0.564. The molecule has 0 aliphatic carbocycles. The van der Waals surface area contributed by atoms with E-state index >= 15 is 0 Å². The molecule has 0 aromatic heterocycles. The molecule has 0 spiro atoms. The fraction of sp³-hybridized carbons (Fsp3) is 1.00. The number of hydrogen-bond donors (Lipinski definition) is 0. The molecule has 1 saturated heterocycles. The Morgan fingerprint density at radius 3 is 2.06 bits per heavy atom. The van der Waals surface area contributed by atoms with Crippen molar-refractivity contribution in [2.75, 3.05) is 31.9 Å². The average molecular weight is 274 g/mol. The molecule has 0 bridgehead atoms. The third-order valence-corrected chi connectivity index (χ3v) is 5.43.